The second-order valence-corrected chi connectivity index (χ2v) is 12.7. The van der Waals surface area contributed by atoms with E-state index in [-0.39, 0.29) is 5.41 Å². The van der Waals surface area contributed by atoms with Gasteiger partial charge < -0.3 is 0 Å². The highest BCUT2D eigenvalue weighted by molar-refractivity contribution is 7.26. The van der Waals surface area contributed by atoms with Gasteiger partial charge in [0, 0.05) is 40.3 Å². The molecule has 0 bridgehead atoms. The average Bonchev–Trinajstić information content (AvgIpc) is 3.46. The van der Waals surface area contributed by atoms with Gasteiger partial charge in [-0.1, -0.05) is 99.6 Å². The Morgan fingerprint density at radius 2 is 0.806 bits per heavy atom. The highest BCUT2D eigenvalue weighted by Crippen LogP contribution is 2.48. The summed E-state index contributed by atoms with van der Waals surface area (Å²) in [5.74, 6) is 0. The molecule has 0 aliphatic rings. The van der Waals surface area contributed by atoms with Gasteiger partial charge in [-0.25, -0.2) is 0 Å². The first-order chi connectivity index (χ1) is 17.5. The van der Waals surface area contributed by atoms with Gasteiger partial charge in [0.1, 0.15) is 0 Å². The van der Waals surface area contributed by atoms with Gasteiger partial charge in [0.2, 0.25) is 0 Å². The third-order valence-corrected chi connectivity index (χ3v) is 9.47. The molecule has 0 atom stereocenters. The minimum absolute atomic E-state index is 0.0338. The van der Waals surface area contributed by atoms with Crippen molar-refractivity contribution in [3.63, 3.8) is 0 Å². The Labute approximate surface area is 219 Å². The predicted molar refractivity (Wildman–Crippen MR) is 162 cm³/mol. The maximum absolute atomic E-state index is 2.35. The third-order valence-electron chi connectivity index (χ3n) is 7.20. The molecule has 0 saturated carbocycles. The molecule has 0 radical (unpaired) electrons. The molecule has 0 unspecified atom stereocenters. The van der Waals surface area contributed by atoms with E-state index in [1.807, 2.05) is 22.7 Å². The third kappa shape index (κ3) is 3.25. The van der Waals surface area contributed by atoms with Gasteiger partial charge >= 0.3 is 0 Å². The lowest BCUT2D eigenvalue weighted by atomic mass is 9.76. The molecule has 0 aliphatic heterocycles. The number of hydrogen-bond acceptors (Lipinski definition) is 2. The second-order valence-electron chi connectivity index (χ2n) is 10.5. The Balaban J connectivity index is 1.60. The minimum atomic E-state index is -0.0338. The smallest absolute Gasteiger partial charge is 0.0361 e. The van der Waals surface area contributed by atoms with Crippen LogP contribution in [0.2, 0.25) is 0 Å². The molecule has 2 aromatic heterocycles. The van der Waals surface area contributed by atoms with Crippen LogP contribution in [0, 0.1) is 0 Å². The van der Waals surface area contributed by atoms with Crippen molar-refractivity contribution >= 4 is 63.0 Å². The monoisotopic (exact) mass is 498 g/mol. The zero-order valence-corrected chi connectivity index (χ0v) is 22.3. The molecule has 7 aromatic rings. The summed E-state index contributed by atoms with van der Waals surface area (Å²) in [5.41, 5.74) is 6.72. The summed E-state index contributed by atoms with van der Waals surface area (Å²) in [5, 5.41) is 5.45. The zero-order valence-electron chi connectivity index (χ0n) is 20.6. The normalized spacial score (nSPS) is 12.3. The van der Waals surface area contributed by atoms with Gasteiger partial charge in [-0.3, -0.25) is 0 Å². The fourth-order valence-corrected chi connectivity index (χ4v) is 8.07. The van der Waals surface area contributed by atoms with Crippen LogP contribution in [-0.2, 0) is 5.41 Å². The molecule has 7 rings (SSSR count). The molecule has 2 heterocycles. The lowest BCUT2D eigenvalue weighted by Gasteiger charge is -2.27. The largest absolute Gasteiger partial charge is 0.135 e. The van der Waals surface area contributed by atoms with Gasteiger partial charge in [0.05, 0.1) is 0 Å². The zero-order chi connectivity index (χ0) is 24.4. The van der Waals surface area contributed by atoms with E-state index in [9.17, 15) is 0 Å². The van der Waals surface area contributed by atoms with E-state index < -0.39 is 0 Å². The van der Waals surface area contributed by atoms with Crippen LogP contribution in [0.5, 0.6) is 0 Å². The van der Waals surface area contributed by atoms with E-state index >= 15 is 0 Å². The Morgan fingerprint density at radius 1 is 0.417 bits per heavy atom. The molecule has 36 heavy (non-hydrogen) atoms. The summed E-state index contributed by atoms with van der Waals surface area (Å²) in [6, 6.07) is 38.2. The molecule has 0 saturated heterocycles. The average molecular weight is 499 g/mol. The molecular formula is C34H26S2. The van der Waals surface area contributed by atoms with Gasteiger partial charge in [-0.05, 0) is 57.5 Å². The van der Waals surface area contributed by atoms with Crippen LogP contribution in [0.3, 0.4) is 0 Å². The second kappa shape index (κ2) is 8.03. The Bertz CT molecular complexity index is 1790. The van der Waals surface area contributed by atoms with Crippen LogP contribution in [0.15, 0.2) is 103 Å². The molecule has 0 amide bonds. The molecule has 0 spiro atoms. The van der Waals surface area contributed by atoms with Crippen molar-refractivity contribution in [1.29, 1.82) is 0 Å². The Hall–Kier alpha value is -3.46. The topological polar surface area (TPSA) is 0 Å². The minimum Gasteiger partial charge on any atom is -0.135 e. The number of rotatable bonds is 2. The molecule has 5 aromatic carbocycles. The standard InChI is InChI=1S/C34H26S2/c1-34(2,3)33-23(21-13-9-19-29-31(21)25-11-4-6-17-27(25)35-29)15-8-16-24(33)22-14-10-20-30-32(22)26-12-5-7-18-28(26)36-30/h4-20H,1-3H3. The first-order valence-corrected chi connectivity index (χ1v) is 14.1. The molecule has 0 nitrogen and oxygen atoms in total. The number of hydrogen-bond donors (Lipinski definition) is 0. The number of benzene rings is 5. The Morgan fingerprint density at radius 3 is 1.28 bits per heavy atom. The molecular weight excluding hydrogens is 473 g/mol. The van der Waals surface area contributed by atoms with Gasteiger partial charge in [-0.15, -0.1) is 22.7 Å². The predicted octanol–water partition coefficient (Wildman–Crippen LogP) is 11.1. The van der Waals surface area contributed by atoms with Crippen LogP contribution >= 0.6 is 22.7 Å². The van der Waals surface area contributed by atoms with Crippen LogP contribution in [0.1, 0.15) is 26.3 Å². The van der Waals surface area contributed by atoms with E-state index in [0.717, 1.165) is 0 Å². The Kier molecular flexibility index (Phi) is 4.86. The summed E-state index contributed by atoms with van der Waals surface area (Å²) >= 11 is 3.78. The molecule has 0 N–H and O–H groups in total. The highest BCUT2D eigenvalue weighted by Gasteiger charge is 2.26. The molecule has 0 fully saturated rings. The lowest BCUT2D eigenvalue weighted by molar-refractivity contribution is 0.594. The van der Waals surface area contributed by atoms with Crippen LogP contribution in [0.4, 0.5) is 0 Å². The quantitative estimate of drug-likeness (QED) is 0.222. The van der Waals surface area contributed by atoms with Crippen molar-refractivity contribution in [2.75, 3.05) is 0 Å². The number of fused-ring (bicyclic) bond motifs is 6. The summed E-state index contributed by atoms with van der Waals surface area (Å²) in [6.45, 7) is 7.06. The highest BCUT2D eigenvalue weighted by atomic mass is 32.1. The van der Waals surface area contributed by atoms with Crippen molar-refractivity contribution in [2.24, 2.45) is 0 Å². The van der Waals surface area contributed by atoms with Crippen LogP contribution in [0.25, 0.3) is 62.6 Å². The first kappa shape index (κ1) is 21.8. The van der Waals surface area contributed by atoms with Crippen molar-refractivity contribution in [3.05, 3.63) is 109 Å². The number of thiophene rings is 2. The molecule has 0 aliphatic carbocycles. The van der Waals surface area contributed by atoms with Gasteiger partial charge in [0.25, 0.3) is 0 Å². The fraction of sp³-hybridized carbons (Fsp3) is 0.118. The fourth-order valence-electron chi connectivity index (χ4n) is 5.81. The maximum atomic E-state index is 2.35. The van der Waals surface area contributed by atoms with Crippen molar-refractivity contribution in [2.45, 2.75) is 26.2 Å². The summed E-state index contributed by atoms with van der Waals surface area (Å²) < 4.78 is 5.40. The van der Waals surface area contributed by atoms with E-state index in [4.69, 9.17) is 0 Å². The van der Waals surface area contributed by atoms with E-state index in [1.165, 1.54) is 68.2 Å². The van der Waals surface area contributed by atoms with Crippen molar-refractivity contribution < 1.29 is 0 Å². The summed E-state index contributed by atoms with van der Waals surface area (Å²) in [6.07, 6.45) is 0. The van der Waals surface area contributed by atoms with E-state index in [2.05, 4.69) is 124 Å². The van der Waals surface area contributed by atoms with Crippen LogP contribution < -0.4 is 0 Å². The summed E-state index contributed by atoms with van der Waals surface area (Å²) in [4.78, 5) is 0. The van der Waals surface area contributed by atoms with Crippen molar-refractivity contribution in [1.82, 2.24) is 0 Å². The van der Waals surface area contributed by atoms with E-state index in [0.29, 0.717) is 0 Å². The first-order valence-electron chi connectivity index (χ1n) is 12.5. The molecule has 174 valence electrons. The maximum Gasteiger partial charge on any atom is 0.0361 e. The SMILES string of the molecule is CC(C)(C)c1c(-c2cccc3sc4ccccc4c23)cccc1-c1cccc2sc3ccccc3c12. The van der Waals surface area contributed by atoms with Gasteiger partial charge in [0.15, 0.2) is 0 Å². The molecule has 2 heteroatoms. The van der Waals surface area contributed by atoms with E-state index in [1.54, 1.807) is 0 Å². The lowest BCUT2D eigenvalue weighted by Crippen LogP contribution is -2.14. The van der Waals surface area contributed by atoms with Crippen molar-refractivity contribution in [3.8, 4) is 22.3 Å². The summed E-state index contributed by atoms with van der Waals surface area (Å²) in [7, 11) is 0. The van der Waals surface area contributed by atoms with Gasteiger partial charge in [-0.2, -0.15) is 0 Å². The van der Waals surface area contributed by atoms with Crippen LogP contribution in [-0.4, -0.2) is 0 Å².